The van der Waals surface area contributed by atoms with Crippen molar-refractivity contribution in [2.24, 2.45) is 5.92 Å². The van der Waals surface area contributed by atoms with E-state index in [0.717, 1.165) is 6.42 Å². The number of Topliss-reactive ketones (excluding diaryl/α,β-unsaturated/α-hetero) is 1. The molecule has 3 nitrogen and oxygen atoms in total. The molecule has 1 rings (SSSR count). The minimum atomic E-state index is 0.0336. The summed E-state index contributed by atoms with van der Waals surface area (Å²) >= 11 is 0. The monoisotopic (exact) mass is 193 g/mol. The Morgan fingerprint density at radius 3 is 2.93 bits per heavy atom. The standard InChI is InChI=1S/C11H15NO2/c1-4-8(2)11(13)9-5-6-12-7-10(9)14-3/h5-8H,4H2,1-3H3. The molecule has 1 atom stereocenters. The Morgan fingerprint density at radius 1 is 1.64 bits per heavy atom. The number of ketones is 1. The second kappa shape index (κ2) is 4.74. The summed E-state index contributed by atoms with van der Waals surface area (Å²) in [5, 5.41) is 0. The third-order valence-electron chi connectivity index (χ3n) is 2.33. The van der Waals surface area contributed by atoms with Gasteiger partial charge in [-0.05, 0) is 12.5 Å². The third-order valence-corrected chi connectivity index (χ3v) is 2.33. The molecule has 3 heteroatoms. The molecule has 0 aliphatic heterocycles. The van der Waals surface area contributed by atoms with Gasteiger partial charge in [0.1, 0.15) is 5.75 Å². The van der Waals surface area contributed by atoms with Crippen molar-refractivity contribution in [3.63, 3.8) is 0 Å². The molecule has 0 bridgehead atoms. The largest absolute Gasteiger partial charge is 0.494 e. The number of rotatable bonds is 4. The van der Waals surface area contributed by atoms with Gasteiger partial charge in [0, 0.05) is 12.1 Å². The zero-order valence-corrected chi connectivity index (χ0v) is 8.78. The SMILES string of the molecule is CCC(C)C(=O)c1ccncc1OC. The number of hydrogen-bond acceptors (Lipinski definition) is 3. The molecule has 0 N–H and O–H groups in total. The Balaban J connectivity index is 3.00. The van der Waals surface area contributed by atoms with Crippen LogP contribution in [0.25, 0.3) is 0 Å². The van der Waals surface area contributed by atoms with E-state index < -0.39 is 0 Å². The minimum absolute atomic E-state index is 0.0336. The van der Waals surface area contributed by atoms with E-state index in [9.17, 15) is 4.79 Å². The summed E-state index contributed by atoms with van der Waals surface area (Å²) in [7, 11) is 1.55. The lowest BCUT2D eigenvalue weighted by atomic mass is 9.97. The number of methoxy groups -OCH3 is 1. The quantitative estimate of drug-likeness (QED) is 0.689. The molecule has 0 aromatic carbocycles. The Morgan fingerprint density at radius 2 is 2.36 bits per heavy atom. The van der Waals surface area contributed by atoms with Crippen LogP contribution < -0.4 is 4.74 Å². The molecule has 0 saturated heterocycles. The molecule has 0 spiro atoms. The number of aromatic nitrogens is 1. The molecule has 0 aliphatic carbocycles. The number of ether oxygens (including phenoxy) is 1. The van der Waals surface area contributed by atoms with Crippen LogP contribution in [0.1, 0.15) is 30.6 Å². The number of carbonyl (C=O) groups is 1. The first-order valence-electron chi connectivity index (χ1n) is 4.72. The molecule has 76 valence electrons. The van der Waals surface area contributed by atoms with E-state index >= 15 is 0 Å². The Bertz CT molecular complexity index is 323. The third kappa shape index (κ3) is 2.10. The predicted molar refractivity (Wildman–Crippen MR) is 54.6 cm³/mol. The van der Waals surface area contributed by atoms with Gasteiger partial charge < -0.3 is 4.74 Å². The van der Waals surface area contributed by atoms with E-state index in [1.54, 1.807) is 25.6 Å². The van der Waals surface area contributed by atoms with E-state index in [1.807, 2.05) is 13.8 Å². The zero-order valence-electron chi connectivity index (χ0n) is 8.78. The topological polar surface area (TPSA) is 39.2 Å². The van der Waals surface area contributed by atoms with Crippen LogP contribution >= 0.6 is 0 Å². The average molecular weight is 193 g/mol. The van der Waals surface area contributed by atoms with Gasteiger partial charge in [-0.25, -0.2) is 0 Å². The summed E-state index contributed by atoms with van der Waals surface area (Å²) in [6.07, 6.45) is 4.01. The van der Waals surface area contributed by atoms with Crippen LogP contribution in [0.15, 0.2) is 18.5 Å². The molecule has 0 radical (unpaired) electrons. The maximum absolute atomic E-state index is 11.8. The van der Waals surface area contributed by atoms with Gasteiger partial charge in [-0.1, -0.05) is 13.8 Å². The fourth-order valence-corrected chi connectivity index (χ4v) is 1.20. The van der Waals surface area contributed by atoms with Crippen molar-refractivity contribution < 1.29 is 9.53 Å². The Hall–Kier alpha value is -1.38. The molecule has 0 fully saturated rings. The first kappa shape index (κ1) is 10.7. The Kier molecular flexibility index (Phi) is 3.63. The highest BCUT2D eigenvalue weighted by molar-refractivity contribution is 5.99. The van der Waals surface area contributed by atoms with E-state index in [0.29, 0.717) is 11.3 Å². The maximum Gasteiger partial charge on any atom is 0.169 e. The van der Waals surface area contributed by atoms with E-state index in [1.165, 1.54) is 0 Å². The molecular weight excluding hydrogens is 178 g/mol. The van der Waals surface area contributed by atoms with Crippen molar-refractivity contribution >= 4 is 5.78 Å². The summed E-state index contributed by atoms with van der Waals surface area (Å²) in [5.74, 6) is 0.704. The molecule has 1 aromatic heterocycles. The fraction of sp³-hybridized carbons (Fsp3) is 0.455. The molecule has 0 amide bonds. The first-order chi connectivity index (χ1) is 6.70. The van der Waals surface area contributed by atoms with Crippen LogP contribution in [-0.4, -0.2) is 17.9 Å². The van der Waals surface area contributed by atoms with Gasteiger partial charge in [0.2, 0.25) is 0 Å². The van der Waals surface area contributed by atoms with Crippen LogP contribution in [0.3, 0.4) is 0 Å². The van der Waals surface area contributed by atoms with Crippen molar-refractivity contribution in [1.82, 2.24) is 4.98 Å². The van der Waals surface area contributed by atoms with Gasteiger partial charge in [-0.2, -0.15) is 0 Å². The predicted octanol–water partition coefficient (Wildman–Crippen LogP) is 2.32. The summed E-state index contributed by atoms with van der Waals surface area (Å²) in [6, 6.07) is 1.70. The van der Waals surface area contributed by atoms with E-state index in [-0.39, 0.29) is 11.7 Å². The lowest BCUT2D eigenvalue weighted by molar-refractivity contribution is 0.0924. The van der Waals surface area contributed by atoms with Gasteiger partial charge in [-0.3, -0.25) is 9.78 Å². The van der Waals surface area contributed by atoms with E-state index in [2.05, 4.69) is 4.98 Å². The highest BCUT2D eigenvalue weighted by Crippen LogP contribution is 2.20. The number of nitrogens with zero attached hydrogens (tertiary/aromatic N) is 1. The fourth-order valence-electron chi connectivity index (χ4n) is 1.20. The smallest absolute Gasteiger partial charge is 0.169 e. The summed E-state index contributed by atoms with van der Waals surface area (Å²) < 4.78 is 5.08. The molecular formula is C11H15NO2. The molecule has 14 heavy (non-hydrogen) atoms. The number of hydrogen-bond donors (Lipinski definition) is 0. The molecule has 1 unspecified atom stereocenters. The van der Waals surface area contributed by atoms with Gasteiger partial charge in [0.15, 0.2) is 5.78 Å². The number of pyridine rings is 1. The van der Waals surface area contributed by atoms with Gasteiger partial charge in [-0.15, -0.1) is 0 Å². The second-order valence-corrected chi connectivity index (χ2v) is 3.25. The summed E-state index contributed by atoms with van der Waals surface area (Å²) in [6.45, 7) is 3.92. The second-order valence-electron chi connectivity index (χ2n) is 3.25. The summed E-state index contributed by atoms with van der Waals surface area (Å²) in [5.41, 5.74) is 0.622. The lowest BCUT2D eigenvalue weighted by Gasteiger charge is -2.10. The molecule has 1 heterocycles. The zero-order chi connectivity index (χ0) is 10.6. The van der Waals surface area contributed by atoms with Crippen molar-refractivity contribution in [2.45, 2.75) is 20.3 Å². The van der Waals surface area contributed by atoms with Crippen molar-refractivity contribution in [2.75, 3.05) is 7.11 Å². The first-order valence-corrected chi connectivity index (χ1v) is 4.72. The normalized spacial score (nSPS) is 12.2. The van der Waals surface area contributed by atoms with Crippen LogP contribution in [-0.2, 0) is 0 Å². The van der Waals surface area contributed by atoms with E-state index in [4.69, 9.17) is 4.74 Å². The van der Waals surface area contributed by atoms with Gasteiger partial charge >= 0.3 is 0 Å². The maximum atomic E-state index is 11.8. The highest BCUT2D eigenvalue weighted by Gasteiger charge is 2.17. The van der Waals surface area contributed by atoms with Crippen molar-refractivity contribution in [3.05, 3.63) is 24.0 Å². The van der Waals surface area contributed by atoms with Crippen LogP contribution in [0.5, 0.6) is 5.75 Å². The number of carbonyl (C=O) groups excluding carboxylic acids is 1. The Labute approximate surface area is 84.1 Å². The minimum Gasteiger partial charge on any atom is -0.494 e. The average Bonchev–Trinajstić information content (AvgIpc) is 2.26. The van der Waals surface area contributed by atoms with Crippen LogP contribution in [0.4, 0.5) is 0 Å². The van der Waals surface area contributed by atoms with Crippen molar-refractivity contribution in [1.29, 1.82) is 0 Å². The molecule has 0 aliphatic rings. The van der Waals surface area contributed by atoms with Crippen molar-refractivity contribution in [3.8, 4) is 5.75 Å². The molecule has 1 aromatic rings. The lowest BCUT2D eigenvalue weighted by Crippen LogP contribution is -2.11. The molecule has 0 saturated carbocycles. The van der Waals surface area contributed by atoms with Crippen LogP contribution in [0.2, 0.25) is 0 Å². The van der Waals surface area contributed by atoms with Crippen LogP contribution in [0, 0.1) is 5.92 Å². The van der Waals surface area contributed by atoms with Gasteiger partial charge in [0.25, 0.3) is 0 Å². The van der Waals surface area contributed by atoms with Gasteiger partial charge in [0.05, 0.1) is 18.9 Å². The summed E-state index contributed by atoms with van der Waals surface area (Å²) in [4.78, 5) is 15.8. The highest BCUT2D eigenvalue weighted by atomic mass is 16.5.